The third kappa shape index (κ3) is 9.44. The number of benzene rings is 1. The largest absolute Gasteiger partial charge is 0.362 e. The number of unbranched alkanes of at least 4 members (excludes halogenated alkanes) is 1. The molecule has 1 aromatic carbocycles. The Morgan fingerprint density at radius 1 is 1.00 bits per heavy atom. The first kappa shape index (κ1) is 21.4. The van der Waals surface area contributed by atoms with E-state index in [9.17, 15) is 16.8 Å². The summed E-state index contributed by atoms with van der Waals surface area (Å²) in [6.45, 7) is 3.52. The Hall–Kier alpha value is -1.62. The standard InChI is InChI=1S/C8H16N2O3S.C7H8O3S/c1-9-5-6-10(8-9)4-2-3-7-14(11,12)13;1-6-2-4-7(5-3-6)11(8,9)10/h5-6H,2-4,7-8H2,1H3,(H,11,12,13);2-5H,1H3,(H,8,9,10). The van der Waals surface area contributed by atoms with Crippen molar-refractivity contribution in [2.24, 2.45) is 0 Å². The third-order valence-electron chi connectivity index (χ3n) is 3.35. The zero-order valence-corrected chi connectivity index (χ0v) is 15.9. The lowest BCUT2D eigenvalue weighted by molar-refractivity contribution is 0.293. The van der Waals surface area contributed by atoms with E-state index in [0.717, 1.165) is 25.2 Å². The van der Waals surface area contributed by atoms with Crippen LogP contribution < -0.4 is 0 Å². The normalized spacial score (nSPS) is 14.4. The van der Waals surface area contributed by atoms with Crippen molar-refractivity contribution in [1.82, 2.24) is 9.80 Å². The second-order valence-electron chi connectivity index (χ2n) is 5.79. The average Bonchev–Trinajstić information content (AvgIpc) is 2.88. The SMILES string of the molecule is CN1C=CN(CCCCS(=O)(=O)O)C1.Cc1ccc(S(=O)(=O)O)cc1. The molecule has 0 fully saturated rings. The number of nitrogens with zero attached hydrogens (tertiary/aromatic N) is 2. The van der Waals surface area contributed by atoms with Gasteiger partial charge in [-0.05, 0) is 31.9 Å². The summed E-state index contributed by atoms with van der Waals surface area (Å²) in [6.07, 6.45) is 5.24. The van der Waals surface area contributed by atoms with Gasteiger partial charge in [0, 0.05) is 26.0 Å². The van der Waals surface area contributed by atoms with E-state index in [1.165, 1.54) is 12.1 Å². The Balaban J connectivity index is 0.000000257. The summed E-state index contributed by atoms with van der Waals surface area (Å²) in [5.41, 5.74) is 0.956. The molecule has 1 aliphatic rings. The highest BCUT2D eigenvalue weighted by atomic mass is 32.2. The van der Waals surface area contributed by atoms with Crippen LogP contribution in [0.1, 0.15) is 18.4 Å². The third-order valence-corrected chi connectivity index (χ3v) is 5.03. The molecule has 1 aromatic rings. The first-order valence-electron chi connectivity index (χ1n) is 7.59. The van der Waals surface area contributed by atoms with E-state index in [1.807, 2.05) is 31.3 Å². The van der Waals surface area contributed by atoms with Gasteiger partial charge < -0.3 is 9.80 Å². The number of hydrogen-bond acceptors (Lipinski definition) is 6. The van der Waals surface area contributed by atoms with Gasteiger partial charge in [-0.3, -0.25) is 9.11 Å². The molecule has 0 atom stereocenters. The van der Waals surface area contributed by atoms with Gasteiger partial charge in [-0.2, -0.15) is 16.8 Å². The number of rotatable bonds is 6. The lowest BCUT2D eigenvalue weighted by Crippen LogP contribution is -2.23. The molecule has 0 saturated heterocycles. The highest BCUT2D eigenvalue weighted by molar-refractivity contribution is 7.86. The predicted molar refractivity (Wildman–Crippen MR) is 95.1 cm³/mol. The van der Waals surface area contributed by atoms with Crippen LogP contribution >= 0.6 is 0 Å². The van der Waals surface area contributed by atoms with Gasteiger partial charge in [0.2, 0.25) is 0 Å². The van der Waals surface area contributed by atoms with Crippen LogP contribution in [0.15, 0.2) is 41.6 Å². The molecule has 0 unspecified atom stereocenters. The topological polar surface area (TPSA) is 115 Å². The number of aryl methyl sites for hydroxylation is 1. The van der Waals surface area contributed by atoms with E-state index in [-0.39, 0.29) is 10.6 Å². The van der Waals surface area contributed by atoms with E-state index < -0.39 is 20.2 Å². The second-order valence-corrected chi connectivity index (χ2v) is 8.78. The average molecular weight is 392 g/mol. The summed E-state index contributed by atoms with van der Waals surface area (Å²) >= 11 is 0. The zero-order chi connectivity index (χ0) is 19.1. The lowest BCUT2D eigenvalue weighted by Gasteiger charge is -2.17. The predicted octanol–water partition coefficient (Wildman–Crippen LogP) is 1.57. The molecule has 10 heteroatoms. The fourth-order valence-corrected chi connectivity index (χ4v) is 3.09. The highest BCUT2D eigenvalue weighted by Crippen LogP contribution is 2.08. The summed E-state index contributed by atoms with van der Waals surface area (Å²) in [4.78, 5) is 4.08. The van der Waals surface area contributed by atoms with Crippen LogP contribution in [0, 0.1) is 6.92 Å². The summed E-state index contributed by atoms with van der Waals surface area (Å²) in [6, 6.07) is 5.99. The molecule has 2 rings (SSSR count). The number of hydrogen-bond donors (Lipinski definition) is 2. The molecule has 142 valence electrons. The van der Waals surface area contributed by atoms with Gasteiger partial charge in [0.25, 0.3) is 20.2 Å². The molecule has 8 nitrogen and oxygen atoms in total. The second kappa shape index (κ2) is 9.18. The Labute approximate surface area is 149 Å². The summed E-state index contributed by atoms with van der Waals surface area (Å²) < 4.78 is 58.8. The molecule has 25 heavy (non-hydrogen) atoms. The molecule has 0 aliphatic carbocycles. The fourth-order valence-electron chi connectivity index (χ4n) is 2.04. The Morgan fingerprint density at radius 2 is 1.60 bits per heavy atom. The van der Waals surface area contributed by atoms with Crippen molar-refractivity contribution in [3.8, 4) is 0 Å². The van der Waals surface area contributed by atoms with Gasteiger partial charge >= 0.3 is 0 Å². The van der Waals surface area contributed by atoms with Gasteiger partial charge in [-0.15, -0.1) is 0 Å². The molecule has 2 N–H and O–H groups in total. The van der Waals surface area contributed by atoms with Crippen molar-refractivity contribution in [1.29, 1.82) is 0 Å². The van der Waals surface area contributed by atoms with Crippen LogP contribution in [0.4, 0.5) is 0 Å². The molecule has 0 amide bonds. The molecule has 0 bridgehead atoms. The van der Waals surface area contributed by atoms with Crippen LogP contribution in [0.25, 0.3) is 0 Å². The van der Waals surface area contributed by atoms with Crippen LogP contribution in [-0.4, -0.2) is 61.8 Å². The van der Waals surface area contributed by atoms with Crippen LogP contribution in [0.3, 0.4) is 0 Å². The van der Waals surface area contributed by atoms with Gasteiger partial charge in [0.15, 0.2) is 0 Å². The Morgan fingerprint density at radius 3 is 2.04 bits per heavy atom. The molecule has 1 heterocycles. The van der Waals surface area contributed by atoms with E-state index in [4.69, 9.17) is 9.11 Å². The van der Waals surface area contributed by atoms with Gasteiger partial charge in [-0.25, -0.2) is 0 Å². The summed E-state index contributed by atoms with van der Waals surface area (Å²) in [5, 5.41) is 0. The maximum atomic E-state index is 10.5. The lowest BCUT2D eigenvalue weighted by atomic mass is 10.2. The van der Waals surface area contributed by atoms with Crippen molar-refractivity contribution in [2.75, 3.05) is 26.0 Å². The minimum absolute atomic E-state index is 0.0666. The zero-order valence-electron chi connectivity index (χ0n) is 14.2. The van der Waals surface area contributed by atoms with Gasteiger partial charge in [0.1, 0.15) is 0 Å². The monoisotopic (exact) mass is 392 g/mol. The van der Waals surface area contributed by atoms with Crippen LogP contribution in [0.5, 0.6) is 0 Å². The van der Waals surface area contributed by atoms with E-state index in [1.54, 1.807) is 12.1 Å². The van der Waals surface area contributed by atoms with Crippen LogP contribution in [-0.2, 0) is 20.2 Å². The molecule has 0 radical (unpaired) electrons. The Bertz CT molecular complexity index is 773. The molecule has 0 spiro atoms. The first-order chi connectivity index (χ1) is 11.5. The minimum Gasteiger partial charge on any atom is -0.362 e. The molecule has 1 aliphatic heterocycles. The van der Waals surface area contributed by atoms with Gasteiger partial charge in [-0.1, -0.05) is 17.7 Å². The van der Waals surface area contributed by atoms with Crippen molar-refractivity contribution in [2.45, 2.75) is 24.7 Å². The quantitative estimate of drug-likeness (QED) is 0.554. The van der Waals surface area contributed by atoms with E-state index in [2.05, 4.69) is 4.90 Å². The van der Waals surface area contributed by atoms with Crippen molar-refractivity contribution in [3.05, 3.63) is 42.2 Å². The Kier molecular flexibility index (Phi) is 7.87. The molecular formula is C15H24N2O6S2. The molecule has 0 saturated carbocycles. The summed E-state index contributed by atoms with van der Waals surface area (Å²) in [7, 11) is -5.82. The van der Waals surface area contributed by atoms with Crippen LogP contribution in [0.2, 0.25) is 0 Å². The first-order valence-corrected chi connectivity index (χ1v) is 10.6. The fraction of sp³-hybridized carbons (Fsp3) is 0.467. The molecular weight excluding hydrogens is 368 g/mol. The van der Waals surface area contributed by atoms with Crippen molar-refractivity contribution < 1.29 is 25.9 Å². The van der Waals surface area contributed by atoms with Crippen molar-refractivity contribution in [3.63, 3.8) is 0 Å². The smallest absolute Gasteiger partial charge is 0.294 e. The van der Waals surface area contributed by atoms with E-state index >= 15 is 0 Å². The van der Waals surface area contributed by atoms with Gasteiger partial charge in [0.05, 0.1) is 17.3 Å². The summed E-state index contributed by atoms with van der Waals surface area (Å²) in [5.74, 6) is -0.138. The maximum absolute atomic E-state index is 10.5. The van der Waals surface area contributed by atoms with Crippen molar-refractivity contribution >= 4 is 20.2 Å². The van der Waals surface area contributed by atoms with E-state index in [0.29, 0.717) is 6.42 Å². The minimum atomic E-state index is -4.02. The highest BCUT2D eigenvalue weighted by Gasteiger charge is 2.09. The molecule has 0 aromatic heterocycles. The maximum Gasteiger partial charge on any atom is 0.294 e.